The number of rotatable bonds is 10. The van der Waals surface area contributed by atoms with E-state index in [0.717, 1.165) is 16.1 Å². The second-order valence-electron chi connectivity index (χ2n) is 7.12. The van der Waals surface area contributed by atoms with Gasteiger partial charge in [-0.15, -0.1) is 11.3 Å². The standard InChI is InChI=1S/C23H21N7O3S/c31-22(28-15-19-2-1-13-34-19)17-5-3-16(4-6-17)20-9-10-25-23(29-20)26-12-11-24-21-8-7-18(14-27-21)30(32)33/h1-10,13-14H,11-12,15H2,(H,24,27)(H,28,31)(H,25,26,29). The van der Waals surface area contributed by atoms with Gasteiger partial charge in [-0.2, -0.15) is 0 Å². The van der Waals surface area contributed by atoms with E-state index in [1.54, 1.807) is 41.8 Å². The van der Waals surface area contributed by atoms with Crippen molar-refractivity contribution in [3.05, 3.63) is 92.9 Å². The van der Waals surface area contributed by atoms with Crippen molar-refractivity contribution in [3.63, 3.8) is 0 Å². The molecule has 34 heavy (non-hydrogen) atoms. The minimum Gasteiger partial charge on any atom is -0.368 e. The molecule has 0 aliphatic rings. The summed E-state index contributed by atoms with van der Waals surface area (Å²) in [7, 11) is 0. The maximum atomic E-state index is 12.4. The number of nitro groups is 1. The molecule has 0 atom stereocenters. The summed E-state index contributed by atoms with van der Waals surface area (Å²) in [6, 6.07) is 16.0. The topological polar surface area (TPSA) is 135 Å². The molecule has 10 nitrogen and oxygen atoms in total. The molecular weight excluding hydrogens is 454 g/mol. The SMILES string of the molecule is O=C(NCc1cccs1)c1ccc(-c2ccnc(NCCNc3ccc([N+](=O)[O-])cn3)n2)cc1. The molecule has 0 radical (unpaired) electrons. The van der Waals surface area contributed by atoms with E-state index in [9.17, 15) is 14.9 Å². The number of benzene rings is 1. The Morgan fingerprint density at radius 3 is 2.53 bits per heavy atom. The third-order valence-electron chi connectivity index (χ3n) is 4.77. The number of hydrogen-bond donors (Lipinski definition) is 3. The van der Waals surface area contributed by atoms with Crippen molar-refractivity contribution in [3.8, 4) is 11.3 Å². The summed E-state index contributed by atoms with van der Waals surface area (Å²) in [6.45, 7) is 1.55. The summed E-state index contributed by atoms with van der Waals surface area (Å²) in [5, 5.41) is 21.8. The van der Waals surface area contributed by atoms with Crippen LogP contribution in [0.5, 0.6) is 0 Å². The van der Waals surface area contributed by atoms with Gasteiger partial charge in [-0.3, -0.25) is 14.9 Å². The first kappa shape index (κ1) is 22.8. The molecule has 4 rings (SSSR count). The number of anilines is 2. The van der Waals surface area contributed by atoms with Crippen LogP contribution in [0, 0.1) is 10.1 Å². The van der Waals surface area contributed by atoms with E-state index in [1.807, 2.05) is 29.6 Å². The average Bonchev–Trinajstić information content (AvgIpc) is 3.39. The summed E-state index contributed by atoms with van der Waals surface area (Å²) >= 11 is 1.60. The molecule has 0 spiro atoms. The van der Waals surface area contributed by atoms with Crippen molar-refractivity contribution in [2.24, 2.45) is 0 Å². The van der Waals surface area contributed by atoms with Crippen LogP contribution in [0.15, 0.2) is 72.4 Å². The highest BCUT2D eigenvalue weighted by molar-refractivity contribution is 7.09. The van der Waals surface area contributed by atoms with Crippen molar-refractivity contribution in [2.45, 2.75) is 6.54 Å². The van der Waals surface area contributed by atoms with E-state index in [1.165, 1.54) is 12.3 Å². The monoisotopic (exact) mass is 475 g/mol. The van der Waals surface area contributed by atoms with Crippen LogP contribution in [-0.4, -0.2) is 38.9 Å². The van der Waals surface area contributed by atoms with E-state index >= 15 is 0 Å². The molecular formula is C23H21N7O3S. The lowest BCUT2D eigenvalue weighted by atomic mass is 10.1. The predicted molar refractivity (Wildman–Crippen MR) is 131 cm³/mol. The highest BCUT2D eigenvalue weighted by Crippen LogP contribution is 2.19. The first-order valence-corrected chi connectivity index (χ1v) is 11.3. The molecule has 0 fully saturated rings. The summed E-state index contributed by atoms with van der Waals surface area (Å²) in [4.78, 5) is 36.4. The number of thiophene rings is 1. The number of nitrogens with zero attached hydrogens (tertiary/aromatic N) is 4. The molecule has 3 aromatic heterocycles. The predicted octanol–water partition coefficient (Wildman–Crippen LogP) is 3.96. The first-order valence-electron chi connectivity index (χ1n) is 10.4. The van der Waals surface area contributed by atoms with Gasteiger partial charge >= 0.3 is 0 Å². The number of amides is 1. The zero-order chi connectivity index (χ0) is 23.8. The van der Waals surface area contributed by atoms with Crippen molar-refractivity contribution in [2.75, 3.05) is 23.7 Å². The van der Waals surface area contributed by atoms with E-state index in [4.69, 9.17) is 0 Å². The molecule has 0 unspecified atom stereocenters. The Morgan fingerprint density at radius 1 is 1.00 bits per heavy atom. The molecule has 3 heterocycles. The first-order chi connectivity index (χ1) is 16.6. The summed E-state index contributed by atoms with van der Waals surface area (Å²) in [5.74, 6) is 0.885. The van der Waals surface area contributed by atoms with Crippen LogP contribution in [0.3, 0.4) is 0 Å². The molecule has 0 aliphatic carbocycles. The van der Waals surface area contributed by atoms with Crippen molar-refractivity contribution < 1.29 is 9.72 Å². The molecule has 0 aliphatic heterocycles. The highest BCUT2D eigenvalue weighted by atomic mass is 32.1. The quantitative estimate of drug-likeness (QED) is 0.178. The molecule has 1 aromatic carbocycles. The molecule has 1 amide bonds. The molecule has 11 heteroatoms. The van der Waals surface area contributed by atoms with Gasteiger partial charge in [0.25, 0.3) is 11.6 Å². The molecule has 0 saturated heterocycles. The van der Waals surface area contributed by atoms with E-state index in [-0.39, 0.29) is 11.6 Å². The Balaban J connectivity index is 1.28. The number of aromatic nitrogens is 3. The second-order valence-corrected chi connectivity index (χ2v) is 8.15. The Morgan fingerprint density at radius 2 is 1.82 bits per heavy atom. The van der Waals surface area contributed by atoms with Gasteiger partial charge in [0, 0.05) is 41.4 Å². The maximum absolute atomic E-state index is 12.4. The largest absolute Gasteiger partial charge is 0.368 e. The van der Waals surface area contributed by atoms with Crippen LogP contribution in [0.4, 0.5) is 17.5 Å². The van der Waals surface area contributed by atoms with Gasteiger partial charge in [-0.05, 0) is 35.7 Å². The lowest BCUT2D eigenvalue weighted by molar-refractivity contribution is -0.385. The van der Waals surface area contributed by atoms with Gasteiger partial charge in [0.05, 0.1) is 17.2 Å². The Bertz CT molecular complexity index is 1250. The zero-order valence-corrected chi connectivity index (χ0v) is 18.8. The molecule has 172 valence electrons. The normalized spacial score (nSPS) is 10.5. The van der Waals surface area contributed by atoms with E-state index in [2.05, 4.69) is 30.9 Å². The van der Waals surface area contributed by atoms with E-state index < -0.39 is 4.92 Å². The summed E-state index contributed by atoms with van der Waals surface area (Å²) in [5.41, 5.74) is 2.13. The van der Waals surface area contributed by atoms with E-state index in [0.29, 0.717) is 37.0 Å². The third-order valence-corrected chi connectivity index (χ3v) is 5.65. The number of nitrogens with one attached hydrogen (secondary N) is 3. The average molecular weight is 476 g/mol. The van der Waals surface area contributed by atoms with Gasteiger partial charge < -0.3 is 16.0 Å². The number of carbonyl (C=O) groups is 1. The lowest BCUT2D eigenvalue weighted by Crippen LogP contribution is -2.22. The van der Waals surface area contributed by atoms with Gasteiger partial charge in [-0.1, -0.05) is 18.2 Å². The summed E-state index contributed by atoms with van der Waals surface area (Å²) in [6.07, 6.45) is 2.87. The Kier molecular flexibility index (Phi) is 7.35. The lowest BCUT2D eigenvalue weighted by Gasteiger charge is -2.09. The fourth-order valence-electron chi connectivity index (χ4n) is 3.04. The van der Waals surface area contributed by atoms with Gasteiger partial charge in [0.15, 0.2) is 0 Å². The fraction of sp³-hybridized carbons (Fsp3) is 0.130. The van der Waals surface area contributed by atoms with Crippen LogP contribution < -0.4 is 16.0 Å². The minimum atomic E-state index is -0.489. The Labute approximate surface area is 199 Å². The minimum absolute atomic E-state index is 0.0547. The van der Waals surface area contributed by atoms with Crippen molar-refractivity contribution >= 4 is 34.7 Å². The van der Waals surface area contributed by atoms with Crippen LogP contribution >= 0.6 is 11.3 Å². The highest BCUT2D eigenvalue weighted by Gasteiger charge is 2.08. The van der Waals surface area contributed by atoms with Crippen LogP contribution in [0.2, 0.25) is 0 Å². The Hall–Kier alpha value is -4.38. The molecule has 0 bridgehead atoms. The van der Waals surface area contributed by atoms with Crippen LogP contribution in [0.1, 0.15) is 15.2 Å². The van der Waals surface area contributed by atoms with Gasteiger partial charge in [-0.25, -0.2) is 15.0 Å². The smallest absolute Gasteiger partial charge is 0.287 e. The number of hydrogen-bond acceptors (Lipinski definition) is 9. The number of carbonyl (C=O) groups excluding carboxylic acids is 1. The third kappa shape index (κ3) is 6.11. The molecule has 3 N–H and O–H groups in total. The summed E-state index contributed by atoms with van der Waals surface area (Å²) < 4.78 is 0. The zero-order valence-electron chi connectivity index (χ0n) is 18.0. The molecule has 4 aromatic rings. The van der Waals surface area contributed by atoms with Gasteiger partial charge in [0.1, 0.15) is 12.0 Å². The number of pyridine rings is 1. The second kappa shape index (κ2) is 11.0. The van der Waals surface area contributed by atoms with Crippen LogP contribution in [0.25, 0.3) is 11.3 Å². The van der Waals surface area contributed by atoms with Crippen molar-refractivity contribution in [1.29, 1.82) is 0 Å². The van der Waals surface area contributed by atoms with Gasteiger partial charge in [0.2, 0.25) is 5.95 Å². The van der Waals surface area contributed by atoms with Crippen molar-refractivity contribution in [1.82, 2.24) is 20.3 Å². The van der Waals surface area contributed by atoms with Crippen LogP contribution in [-0.2, 0) is 6.54 Å². The fourth-order valence-corrected chi connectivity index (χ4v) is 3.69. The maximum Gasteiger partial charge on any atom is 0.287 e. The molecule has 0 saturated carbocycles.